The summed E-state index contributed by atoms with van der Waals surface area (Å²) in [5.41, 5.74) is -4.63. The van der Waals surface area contributed by atoms with Gasteiger partial charge in [0.2, 0.25) is 35.4 Å². The maximum atomic E-state index is 14.9. The van der Waals surface area contributed by atoms with Crippen molar-refractivity contribution in [3.8, 4) is 12.1 Å². The molecule has 6 aliphatic rings. The smallest absolute Gasteiger partial charge is 0.356 e. The van der Waals surface area contributed by atoms with Gasteiger partial charge in [-0.3, -0.25) is 38.4 Å². The molecule has 70 heavy (non-hydrogen) atoms. The Morgan fingerprint density at radius 1 is 0.671 bits per heavy atom. The number of amides is 8. The molecule has 0 spiro atoms. The molecule has 4 heterocycles. The van der Waals surface area contributed by atoms with Crippen LogP contribution in [-0.4, -0.2) is 132 Å². The first-order valence-corrected chi connectivity index (χ1v) is 23.5. The molecule has 4 aliphatic heterocycles. The van der Waals surface area contributed by atoms with Gasteiger partial charge in [0.15, 0.2) is 0 Å². The lowest BCUT2D eigenvalue weighted by Crippen LogP contribution is -2.62. The molecule has 386 valence electrons. The summed E-state index contributed by atoms with van der Waals surface area (Å²) in [5.74, 6) is -12.9. The molecule has 2 saturated carbocycles. The van der Waals surface area contributed by atoms with Crippen LogP contribution in [0.25, 0.3) is 0 Å². The number of carbonyl (C=O) groups excluding carboxylic acids is 8. The second-order valence-corrected chi connectivity index (χ2v) is 22.6. The zero-order valence-corrected chi connectivity index (χ0v) is 40.3. The van der Waals surface area contributed by atoms with Crippen molar-refractivity contribution in [2.45, 2.75) is 143 Å². The molecule has 0 aromatic carbocycles. The molecule has 6 fully saturated rings. The Kier molecular flexibility index (Phi) is 14.4. The minimum absolute atomic E-state index is 0.0274. The molecular weight excluding hydrogens is 935 g/mol. The summed E-state index contributed by atoms with van der Waals surface area (Å²) in [5, 5.41) is 34.3. The van der Waals surface area contributed by atoms with Crippen LogP contribution in [0.1, 0.15) is 93.9 Å². The fourth-order valence-corrected chi connectivity index (χ4v) is 12.1. The Morgan fingerprint density at radius 2 is 1.11 bits per heavy atom. The third-order valence-corrected chi connectivity index (χ3v) is 15.9. The van der Waals surface area contributed by atoms with Crippen molar-refractivity contribution in [2.24, 2.45) is 57.2 Å². The molecular formula is C46H62F6N10O8. The molecule has 13 atom stereocenters. The standard InChI is InChI=1S/C46H62F6N10O8/c1-41(2,3)31(59-39(69)45(47,48)49)37(67)62-19-26-28(30(62)36(66)58-23(16-53)14-21-10-9-12-55-33(21)63)44(26,8)20-42(4,5)32(60-40(70)46(50,51)52)38(68)61-18-25-27(43(25,6)7)29(61)35(65)57-24(17-54)15-22-11-13-56-34(22)64/h21-32H,9-15,18-20H2,1-8H3,(H,55,63)(H,56,64)(H,57,65)(H,58,66)(H,59,69)(H,60,70)/t21-,22-,23-,24-,25-,26-,27-,28?,29-,30-,31+,32+,44?/m0/s1. The lowest BCUT2D eigenvalue weighted by atomic mass is 9.72. The van der Waals surface area contributed by atoms with Crippen molar-refractivity contribution < 1.29 is 64.7 Å². The van der Waals surface area contributed by atoms with Crippen LogP contribution in [0.4, 0.5) is 26.3 Å². The highest BCUT2D eigenvalue weighted by atomic mass is 19.4. The number of carbonyl (C=O) groups is 8. The van der Waals surface area contributed by atoms with E-state index >= 15 is 0 Å². The molecule has 6 N–H and O–H groups in total. The number of rotatable bonds is 15. The number of halogens is 6. The number of likely N-dealkylation sites (tertiary alicyclic amines) is 2. The van der Waals surface area contributed by atoms with E-state index in [9.17, 15) is 75.2 Å². The Hall–Kier alpha value is -5.68. The Labute approximate surface area is 401 Å². The highest BCUT2D eigenvalue weighted by Gasteiger charge is 2.74. The predicted molar refractivity (Wildman–Crippen MR) is 232 cm³/mol. The number of alkyl halides is 6. The van der Waals surface area contributed by atoms with Crippen molar-refractivity contribution in [2.75, 3.05) is 26.2 Å². The van der Waals surface area contributed by atoms with Crippen LogP contribution in [0.2, 0.25) is 0 Å². The van der Waals surface area contributed by atoms with Gasteiger partial charge in [-0.15, -0.1) is 0 Å². The third-order valence-electron chi connectivity index (χ3n) is 15.9. The van der Waals surface area contributed by atoms with Gasteiger partial charge >= 0.3 is 24.2 Å². The highest BCUT2D eigenvalue weighted by molar-refractivity contribution is 5.96. The first-order valence-electron chi connectivity index (χ1n) is 23.5. The molecule has 2 unspecified atom stereocenters. The van der Waals surface area contributed by atoms with E-state index in [2.05, 4.69) is 21.3 Å². The number of fused-ring (bicyclic) bond motifs is 2. The lowest BCUT2D eigenvalue weighted by molar-refractivity contribution is -0.176. The van der Waals surface area contributed by atoms with Gasteiger partial charge in [0, 0.05) is 38.0 Å². The maximum absolute atomic E-state index is 14.9. The van der Waals surface area contributed by atoms with Crippen LogP contribution >= 0.6 is 0 Å². The average molecular weight is 997 g/mol. The number of nitrogens with one attached hydrogen (secondary N) is 6. The first-order chi connectivity index (χ1) is 32.2. The summed E-state index contributed by atoms with van der Waals surface area (Å²) in [6, 6.07) is -5.14. The van der Waals surface area contributed by atoms with Gasteiger partial charge in [0.25, 0.3) is 0 Å². The van der Waals surface area contributed by atoms with E-state index in [0.29, 0.717) is 32.4 Å². The van der Waals surface area contributed by atoms with Crippen LogP contribution in [0, 0.1) is 79.8 Å². The fraction of sp³-hybridized carbons (Fsp3) is 0.783. The van der Waals surface area contributed by atoms with E-state index in [-0.39, 0.29) is 50.1 Å². The molecule has 0 bridgehead atoms. The van der Waals surface area contributed by atoms with E-state index in [0.717, 1.165) is 9.80 Å². The van der Waals surface area contributed by atoms with Crippen molar-refractivity contribution in [3.05, 3.63) is 0 Å². The minimum atomic E-state index is -5.47. The predicted octanol–water partition coefficient (Wildman–Crippen LogP) is 1.95. The molecule has 8 amide bonds. The maximum Gasteiger partial charge on any atom is 0.471 e. The number of nitrogens with zero attached hydrogens (tertiary/aromatic N) is 4. The van der Waals surface area contributed by atoms with Crippen molar-refractivity contribution >= 4 is 47.3 Å². The van der Waals surface area contributed by atoms with Gasteiger partial charge in [0.05, 0.1) is 12.1 Å². The first kappa shape index (κ1) is 53.7. The van der Waals surface area contributed by atoms with E-state index in [4.69, 9.17) is 0 Å². The van der Waals surface area contributed by atoms with E-state index in [1.54, 1.807) is 12.2 Å². The van der Waals surface area contributed by atoms with E-state index in [1.165, 1.54) is 34.6 Å². The molecule has 24 heteroatoms. The van der Waals surface area contributed by atoms with Crippen molar-refractivity contribution in [1.82, 2.24) is 41.7 Å². The Bertz CT molecular complexity index is 2250. The Balaban J connectivity index is 1.31. The number of hydrogen-bond donors (Lipinski definition) is 6. The van der Waals surface area contributed by atoms with Crippen LogP contribution in [-0.2, 0) is 38.4 Å². The monoisotopic (exact) mass is 996 g/mol. The normalized spacial score (nSPS) is 30.7. The summed E-state index contributed by atoms with van der Waals surface area (Å²) >= 11 is 0. The molecule has 0 radical (unpaired) electrons. The summed E-state index contributed by atoms with van der Waals surface area (Å²) < 4.78 is 83.1. The zero-order valence-electron chi connectivity index (χ0n) is 40.3. The Morgan fingerprint density at radius 3 is 1.56 bits per heavy atom. The van der Waals surface area contributed by atoms with Crippen molar-refractivity contribution in [1.29, 1.82) is 10.5 Å². The van der Waals surface area contributed by atoms with Gasteiger partial charge < -0.3 is 41.7 Å². The number of nitriles is 2. The topological polar surface area (TPSA) is 263 Å². The second-order valence-electron chi connectivity index (χ2n) is 22.6. The fourth-order valence-electron chi connectivity index (χ4n) is 12.1. The highest BCUT2D eigenvalue weighted by Crippen LogP contribution is 2.70. The van der Waals surface area contributed by atoms with Gasteiger partial charge in [-0.1, -0.05) is 55.4 Å². The molecule has 2 aliphatic carbocycles. The van der Waals surface area contributed by atoms with Crippen LogP contribution in [0.5, 0.6) is 0 Å². The third kappa shape index (κ3) is 10.5. The zero-order chi connectivity index (χ0) is 52.4. The van der Waals surface area contributed by atoms with Crippen LogP contribution in [0.15, 0.2) is 0 Å². The van der Waals surface area contributed by atoms with Crippen LogP contribution < -0.4 is 31.9 Å². The number of hydrogen-bond acceptors (Lipinski definition) is 10. The molecule has 0 aromatic rings. The van der Waals surface area contributed by atoms with Gasteiger partial charge in [-0.05, 0) is 83.9 Å². The van der Waals surface area contributed by atoms with Gasteiger partial charge in [-0.25, -0.2) is 0 Å². The average Bonchev–Trinajstić information content (AvgIpc) is 3.65. The summed E-state index contributed by atoms with van der Waals surface area (Å²) in [7, 11) is 0. The molecule has 0 aromatic heterocycles. The molecule has 6 rings (SSSR count). The van der Waals surface area contributed by atoms with E-state index < -0.39 is 135 Å². The lowest BCUT2D eigenvalue weighted by Gasteiger charge is -2.42. The second kappa shape index (κ2) is 18.8. The van der Waals surface area contributed by atoms with Crippen molar-refractivity contribution in [3.63, 3.8) is 0 Å². The summed E-state index contributed by atoms with van der Waals surface area (Å²) in [6.45, 7) is 12.8. The minimum Gasteiger partial charge on any atom is -0.356 e. The SMILES string of the molecule is CC(C)(C)[C@H](NC(=O)C(F)(F)F)C(=O)N1C[C@H]2C([C@H]1C(=O)N[C@H](C#N)C[C@@H]1CCCNC1=O)C2(C)CC(C)(C)[C@H](NC(=O)C(F)(F)F)C(=O)N1C[C@H]2[C@@H]([C@H]1C(=O)N[C@H](C#N)C[C@@H]1CCNC1=O)C2(C)C. The molecule has 18 nitrogen and oxygen atoms in total. The quantitative estimate of drug-likeness (QED) is 0.130. The van der Waals surface area contributed by atoms with E-state index in [1.807, 2.05) is 31.3 Å². The van der Waals surface area contributed by atoms with Gasteiger partial charge in [0.1, 0.15) is 36.3 Å². The van der Waals surface area contributed by atoms with Crippen LogP contribution in [0.3, 0.4) is 0 Å². The summed E-state index contributed by atoms with van der Waals surface area (Å²) in [4.78, 5) is 110. The summed E-state index contributed by atoms with van der Waals surface area (Å²) in [6.07, 6.45) is -9.79. The number of piperidine rings is 3. The molecule has 4 saturated heterocycles. The largest absolute Gasteiger partial charge is 0.471 e. The van der Waals surface area contributed by atoms with Gasteiger partial charge in [-0.2, -0.15) is 36.9 Å².